The molecule has 1 aromatic heterocycles. The lowest BCUT2D eigenvalue weighted by molar-refractivity contribution is -0.144. The van der Waals surface area contributed by atoms with Crippen LogP contribution in [0.4, 0.5) is 10.5 Å². The summed E-state index contributed by atoms with van der Waals surface area (Å²) in [5.41, 5.74) is 0.528. The van der Waals surface area contributed by atoms with Crippen molar-refractivity contribution in [3.8, 4) is 0 Å². The van der Waals surface area contributed by atoms with Gasteiger partial charge in [-0.2, -0.15) is 0 Å². The maximum Gasteiger partial charge on any atom is 0.335 e. The van der Waals surface area contributed by atoms with Crippen LogP contribution in [-0.4, -0.2) is 40.1 Å². The lowest BCUT2D eigenvalue weighted by Gasteiger charge is -2.14. The Morgan fingerprint density at radius 3 is 2.33 bits per heavy atom. The molecule has 0 bridgehead atoms. The number of rotatable bonds is 5. The van der Waals surface area contributed by atoms with Crippen molar-refractivity contribution in [3.63, 3.8) is 0 Å². The Morgan fingerprint density at radius 2 is 1.67 bits per heavy atom. The number of furan rings is 1. The molecule has 0 aliphatic carbocycles. The van der Waals surface area contributed by atoms with Crippen molar-refractivity contribution in [1.29, 1.82) is 0 Å². The van der Waals surface area contributed by atoms with Gasteiger partial charge >= 0.3 is 17.8 Å². The zero-order valence-electron chi connectivity index (χ0n) is 12.5. The van der Waals surface area contributed by atoms with Crippen LogP contribution in [0, 0.1) is 0 Å². The minimum absolute atomic E-state index is 0.160. The van der Waals surface area contributed by atoms with E-state index in [-0.39, 0.29) is 6.54 Å². The molecular weight excluding hydrogens is 314 g/mol. The van der Waals surface area contributed by atoms with Crippen molar-refractivity contribution < 1.29 is 23.6 Å². The topological polar surface area (TPSA) is 99.9 Å². The summed E-state index contributed by atoms with van der Waals surface area (Å²) in [4.78, 5) is 49.5. The molecule has 122 valence electrons. The molecule has 1 fully saturated rings. The van der Waals surface area contributed by atoms with Gasteiger partial charge in [0.25, 0.3) is 0 Å². The van der Waals surface area contributed by atoms with E-state index in [9.17, 15) is 19.2 Å². The SMILES string of the molecule is O=C(CN1C(=O)C(=O)N(Cc2ccco2)C1=O)Nc1ccccc1. The second-order valence-electron chi connectivity index (χ2n) is 5.06. The number of amides is 5. The summed E-state index contributed by atoms with van der Waals surface area (Å²) in [5, 5.41) is 2.55. The molecule has 3 rings (SSSR count). The molecule has 24 heavy (non-hydrogen) atoms. The maximum absolute atomic E-state index is 12.2. The summed E-state index contributed by atoms with van der Waals surface area (Å²) in [6.07, 6.45) is 1.40. The fourth-order valence-electron chi connectivity index (χ4n) is 2.25. The van der Waals surface area contributed by atoms with Gasteiger partial charge in [-0.05, 0) is 24.3 Å². The van der Waals surface area contributed by atoms with Gasteiger partial charge in [-0.15, -0.1) is 0 Å². The van der Waals surface area contributed by atoms with Gasteiger partial charge in [0.15, 0.2) is 0 Å². The van der Waals surface area contributed by atoms with Crippen molar-refractivity contribution in [1.82, 2.24) is 9.80 Å². The van der Waals surface area contributed by atoms with Crippen LogP contribution in [0.25, 0.3) is 0 Å². The van der Waals surface area contributed by atoms with Gasteiger partial charge in [0.1, 0.15) is 12.3 Å². The molecule has 0 saturated carbocycles. The van der Waals surface area contributed by atoms with E-state index in [1.807, 2.05) is 0 Å². The molecule has 8 nitrogen and oxygen atoms in total. The standard InChI is InChI=1S/C16H13N3O5/c20-13(17-11-5-2-1-3-6-11)10-19-15(22)14(21)18(16(19)23)9-12-7-4-8-24-12/h1-8H,9-10H2,(H,17,20). The molecule has 5 amide bonds. The molecule has 2 heterocycles. The fraction of sp³-hybridized carbons (Fsp3) is 0.125. The van der Waals surface area contributed by atoms with Crippen molar-refractivity contribution in [2.24, 2.45) is 0 Å². The van der Waals surface area contributed by atoms with Crippen LogP contribution < -0.4 is 5.32 Å². The average Bonchev–Trinajstić information content (AvgIpc) is 3.15. The Bertz CT molecular complexity index is 785. The zero-order valence-corrected chi connectivity index (χ0v) is 12.5. The van der Waals surface area contributed by atoms with Crippen molar-refractivity contribution in [2.45, 2.75) is 6.54 Å². The average molecular weight is 327 g/mol. The van der Waals surface area contributed by atoms with Gasteiger partial charge in [0.05, 0.1) is 12.8 Å². The van der Waals surface area contributed by atoms with Crippen LogP contribution in [0.3, 0.4) is 0 Å². The van der Waals surface area contributed by atoms with E-state index in [1.165, 1.54) is 6.26 Å². The molecule has 0 spiro atoms. The predicted octanol–water partition coefficient (Wildman–Crippen LogP) is 1.21. The molecule has 0 radical (unpaired) electrons. The summed E-state index contributed by atoms with van der Waals surface area (Å²) in [6.45, 7) is -0.694. The molecule has 1 aromatic carbocycles. The first kappa shape index (κ1) is 15.5. The second-order valence-corrected chi connectivity index (χ2v) is 5.06. The molecule has 1 aliphatic rings. The fourth-order valence-corrected chi connectivity index (χ4v) is 2.25. The molecule has 0 unspecified atom stereocenters. The number of carbonyl (C=O) groups excluding carboxylic acids is 4. The van der Waals surface area contributed by atoms with Crippen LogP contribution >= 0.6 is 0 Å². The highest BCUT2D eigenvalue weighted by Gasteiger charge is 2.45. The van der Waals surface area contributed by atoms with Gasteiger partial charge in [-0.3, -0.25) is 14.4 Å². The van der Waals surface area contributed by atoms with Gasteiger partial charge in [0.2, 0.25) is 5.91 Å². The second kappa shape index (κ2) is 6.37. The first-order valence-corrected chi connectivity index (χ1v) is 7.11. The number of urea groups is 1. The Labute approximate surface area is 136 Å². The normalized spacial score (nSPS) is 14.4. The number of hydrogen-bond acceptors (Lipinski definition) is 5. The number of anilines is 1. The number of benzene rings is 1. The summed E-state index contributed by atoms with van der Waals surface area (Å²) in [5.74, 6) is -2.23. The van der Waals surface area contributed by atoms with Gasteiger partial charge < -0.3 is 9.73 Å². The van der Waals surface area contributed by atoms with Crippen LogP contribution in [0.1, 0.15) is 5.76 Å². The van der Waals surface area contributed by atoms with E-state index in [2.05, 4.69) is 5.32 Å². The first-order chi connectivity index (χ1) is 11.6. The molecule has 1 aliphatic heterocycles. The Kier molecular flexibility index (Phi) is 4.11. The number of imide groups is 2. The van der Waals surface area contributed by atoms with Gasteiger partial charge in [-0.1, -0.05) is 18.2 Å². The first-order valence-electron chi connectivity index (χ1n) is 7.11. The van der Waals surface area contributed by atoms with Crippen molar-refractivity contribution in [2.75, 3.05) is 11.9 Å². The van der Waals surface area contributed by atoms with E-state index in [0.29, 0.717) is 16.3 Å². The molecule has 0 atom stereocenters. The summed E-state index contributed by atoms with van der Waals surface area (Å²) >= 11 is 0. The number of nitrogens with zero attached hydrogens (tertiary/aromatic N) is 2. The highest BCUT2D eigenvalue weighted by atomic mass is 16.3. The molecular formula is C16H13N3O5. The Hall–Kier alpha value is -3.42. The molecule has 1 N–H and O–H groups in total. The summed E-state index contributed by atoms with van der Waals surface area (Å²) in [6, 6.07) is 10.9. The van der Waals surface area contributed by atoms with Crippen molar-refractivity contribution in [3.05, 3.63) is 54.5 Å². The highest BCUT2D eigenvalue weighted by molar-refractivity contribution is 6.45. The van der Waals surface area contributed by atoms with Crippen LogP contribution in [0.2, 0.25) is 0 Å². The van der Waals surface area contributed by atoms with E-state index in [1.54, 1.807) is 42.5 Å². The minimum Gasteiger partial charge on any atom is -0.467 e. The van der Waals surface area contributed by atoms with Crippen molar-refractivity contribution >= 4 is 29.4 Å². The summed E-state index contributed by atoms with van der Waals surface area (Å²) in [7, 11) is 0. The molecule has 8 heteroatoms. The molecule has 1 saturated heterocycles. The third-order valence-electron chi connectivity index (χ3n) is 3.39. The predicted molar refractivity (Wildman–Crippen MR) is 81.4 cm³/mol. The van der Waals surface area contributed by atoms with E-state index >= 15 is 0 Å². The number of carbonyl (C=O) groups is 4. The van der Waals surface area contributed by atoms with Crippen LogP contribution in [0.15, 0.2) is 53.1 Å². The van der Waals surface area contributed by atoms with E-state index < -0.39 is 30.3 Å². The zero-order chi connectivity index (χ0) is 17.1. The lowest BCUT2D eigenvalue weighted by atomic mass is 10.3. The Morgan fingerprint density at radius 1 is 0.958 bits per heavy atom. The minimum atomic E-state index is -1.03. The number of nitrogens with one attached hydrogen (secondary N) is 1. The molecule has 2 aromatic rings. The maximum atomic E-state index is 12.2. The third kappa shape index (κ3) is 3.02. The van der Waals surface area contributed by atoms with Gasteiger partial charge in [-0.25, -0.2) is 14.6 Å². The Balaban J connectivity index is 1.67. The summed E-state index contributed by atoms with van der Waals surface area (Å²) < 4.78 is 5.07. The number of para-hydroxylation sites is 1. The van der Waals surface area contributed by atoms with E-state index in [0.717, 1.165) is 4.90 Å². The third-order valence-corrected chi connectivity index (χ3v) is 3.39. The smallest absolute Gasteiger partial charge is 0.335 e. The largest absolute Gasteiger partial charge is 0.467 e. The quantitative estimate of drug-likeness (QED) is 0.657. The highest BCUT2D eigenvalue weighted by Crippen LogP contribution is 2.16. The lowest BCUT2D eigenvalue weighted by Crippen LogP contribution is -2.38. The van der Waals surface area contributed by atoms with Gasteiger partial charge in [0, 0.05) is 5.69 Å². The van der Waals surface area contributed by atoms with Crippen LogP contribution in [0.5, 0.6) is 0 Å². The van der Waals surface area contributed by atoms with Crippen LogP contribution in [-0.2, 0) is 20.9 Å². The monoisotopic (exact) mass is 327 g/mol. The number of hydrogen-bond donors (Lipinski definition) is 1. The van der Waals surface area contributed by atoms with E-state index in [4.69, 9.17) is 4.42 Å².